The molecule has 1 aliphatic heterocycles. The van der Waals surface area contributed by atoms with E-state index in [1.165, 1.54) is 6.07 Å². The van der Waals surface area contributed by atoms with E-state index in [9.17, 15) is 15.0 Å². The largest absolute Gasteiger partial charge is 0.496 e. The van der Waals surface area contributed by atoms with Crippen molar-refractivity contribution in [1.29, 1.82) is 0 Å². The highest BCUT2D eigenvalue weighted by molar-refractivity contribution is 5.88. The number of fused-ring (bicyclic) bond motifs is 1. The third-order valence-corrected chi connectivity index (χ3v) is 5.46. The molecule has 0 aliphatic carbocycles. The molecule has 0 saturated carbocycles. The van der Waals surface area contributed by atoms with Crippen LogP contribution in [0.2, 0.25) is 0 Å². The molecule has 1 heterocycles. The summed E-state index contributed by atoms with van der Waals surface area (Å²) < 4.78 is 17.1. The first-order chi connectivity index (χ1) is 15.0. The molecule has 160 valence electrons. The maximum atomic E-state index is 11.3. The molecular formula is C25H24O6. The number of ether oxygens (including phenoxy) is 3. The van der Waals surface area contributed by atoms with Crippen LogP contribution in [0.15, 0.2) is 66.7 Å². The van der Waals surface area contributed by atoms with Gasteiger partial charge in [-0.05, 0) is 53.9 Å². The third kappa shape index (κ3) is 4.64. The Morgan fingerprint density at radius 2 is 1.90 bits per heavy atom. The van der Waals surface area contributed by atoms with Gasteiger partial charge >= 0.3 is 5.97 Å². The fraction of sp³-hybridized carbons (Fsp3) is 0.240. The lowest BCUT2D eigenvalue weighted by Crippen LogP contribution is -2.28. The lowest BCUT2D eigenvalue weighted by Gasteiger charge is -2.31. The lowest BCUT2D eigenvalue weighted by atomic mass is 9.87. The third-order valence-electron chi connectivity index (χ3n) is 5.46. The fourth-order valence-corrected chi connectivity index (χ4v) is 3.79. The normalized spacial score (nSPS) is 17.4. The number of hydrogen-bond donors (Lipinski definition) is 2. The van der Waals surface area contributed by atoms with Gasteiger partial charge in [-0.3, -0.25) is 0 Å². The van der Waals surface area contributed by atoms with Gasteiger partial charge in [-0.2, -0.15) is 0 Å². The molecule has 2 N–H and O–H groups in total. The van der Waals surface area contributed by atoms with E-state index in [-0.39, 0.29) is 11.5 Å². The Labute approximate surface area is 180 Å². The second kappa shape index (κ2) is 9.10. The number of aliphatic hydroxyl groups excluding tert-OH is 1. The van der Waals surface area contributed by atoms with Crippen LogP contribution in [0.3, 0.4) is 0 Å². The van der Waals surface area contributed by atoms with Gasteiger partial charge in [-0.25, -0.2) is 4.79 Å². The average Bonchev–Trinajstić information content (AvgIpc) is 2.80. The number of carbonyl (C=O) groups is 1. The number of hydrogen-bond acceptors (Lipinski definition) is 5. The molecule has 3 aromatic carbocycles. The smallest absolute Gasteiger partial charge is 0.335 e. The molecule has 31 heavy (non-hydrogen) atoms. The lowest BCUT2D eigenvalue weighted by molar-refractivity contribution is 0.0501. The van der Waals surface area contributed by atoms with Crippen LogP contribution in [-0.2, 0) is 13.0 Å². The van der Waals surface area contributed by atoms with Gasteiger partial charge < -0.3 is 24.4 Å². The van der Waals surface area contributed by atoms with Crippen LogP contribution < -0.4 is 14.2 Å². The number of rotatable bonds is 7. The Kier molecular flexibility index (Phi) is 6.09. The summed E-state index contributed by atoms with van der Waals surface area (Å²) in [5, 5.41) is 20.3. The van der Waals surface area contributed by atoms with Crippen molar-refractivity contribution >= 4 is 5.97 Å². The van der Waals surface area contributed by atoms with Gasteiger partial charge in [-0.1, -0.05) is 30.3 Å². The molecule has 0 unspecified atom stereocenters. The first-order valence-corrected chi connectivity index (χ1v) is 10.1. The molecule has 6 nitrogen and oxygen atoms in total. The summed E-state index contributed by atoms with van der Waals surface area (Å²) in [6.45, 7) is 0.748. The number of carboxylic acids is 1. The summed E-state index contributed by atoms with van der Waals surface area (Å²) in [5.74, 6) is 0.603. The van der Waals surface area contributed by atoms with E-state index in [4.69, 9.17) is 14.2 Å². The SMILES string of the molecule is COc1ccc(C(=O)O)cc1C[C@@H]1COc2ccc(OCc3ccccc3)cc2[C@@H]1O. The molecule has 0 amide bonds. The summed E-state index contributed by atoms with van der Waals surface area (Å²) in [5.41, 5.74) is 2.62. The van der Waals surface area contributed by atoms with E-state index in [1.54, 1.807) is 31.4 Å². The molecule has 0 saturated heterocycles. The number of carboxylic acid groups (broad SMARTS) is 1. The number of benzene rings is 3. The van der Waals surface area contributed by atoms with Crippen LogP contribution in [0, 0.1) is 5.92 Å². The predicted molar refractivity (Wildman–Crippen MR) is 115 cm³/mol. The van der Waals surface area contributed by atoms with E-state index in [0.717, 1.165) is 11.1 Å². The van der Waals surface area contributed by atoms with Crippen molar-refractivity contribution < 1.29 is 29.2 Å². The van der Waals surface area contributed by atoms with E-state index < -0.39 is 12.1 Å². The van der Waals surface area contributed by atoms with Crippen LogP contribution in [-0.4, -0.2) is 29.9 Å². The molecule has 0 spiro atoms. The van der Waals surface area contributed by atoms with Crippen LogP contribution in [0.4, 0.5) is 0 Å². The summed E-state index contributed by atoms with van der Waals surface area (Å²) >= 11 is 0. The molecule has 3 aromatic rings. The second-order valence-electron chi connectivity index (χ2n) is 7.53. The highest BCUT2D eigenvalue weighted by Gasteiger charge is 2.31. The van der Waals surface area contributed by atoms with Crippen LogP contribution in [0.5, 0.6) is 17.2 Å². The van der Waals surface area contributed by atoms with E-state index in [1.807, 2.05) is 36.4 Å². The van der Waals surface area contributed by atoms with E-state index >= 15 is 0 Å². The summed E-state index contributed by atoms with van der Waals surface area (Å²) in [6.07, 6.45) is -0.359. The monoisotopic (exact) mass is 420 g/mol. The number of aliphatic hydroxyl groups is 1. The van der Waals surface area contributed by atoms with Gasteiger partial charge in [0.25, 0.3) is 0 Å². The molecule has 6 heteroatoms. The zero-order valence-electron chi connectivity index (χ0n) is 17.2. The fourth-order valence-electron chi connectivity index (χ4n) is 3.79. The maximum absolute atomic E-state index is 11.3. The minimum Gasteiger partial charge on any atom is -0.496 e. The van der Waals surface area contributed by atoms with Crippen molar-refractivity contribution in [2.45, 2.75) is 19.1 Å². The van der Waals surface area contributed by atoms with Crippen molar-refractivity contribution in [2.75, 3.05) is 13.7 Å². The molecule has 2 atom stereocenters. The van der Waals surface area contributed by atoms with Gasteiger partial charge in [0, 0.05) is 11.5 Å². The van der Waals surface area contributed by atoms with Gasteiger partial charge in [0.05, 0.1) is 25.4 Å². The first kappa shape index (κ1) is 20.8. The molecule has 1 aliphatic rings. The summed E-state index contributed by atoms with van der Waals surface area (Å²) in [6, 6.07) is 20.0. The van der Waals surface area contributed by atoms with E-state index in [2.05, 4.69) is 0 Å². The van der Waals surface area contributed by atoms with Crippen LogP contribution in [0.1, 0.15) is 33.2 Å². The Hall–Kier alpha value is -3.51. The summed E-state index contributed by atoms with van der Waals surface area (Å²) in [7, 11) is 1.54. The van der Waals surface area contributed by atoms with Gasteiger partial charge in [0.2, 0.25) is 0 Å². The molecule has 0 aromatic heterocycles. The Bertz CT molecular complexity index is 1060. The quantitative estimate of drug-likeness (QED) is 0.594. The minimum absolute atomic E-state index is 0.180. The molecule has 0 radical (unpaired) electrons. The van der Waals surface area contributed by atoms with Crippen molar-refractivity contribution in [2.24, 2.45) is 5.92 Å². The molecule has 0 fully saturated rings. The van der Waals surface area contributed by atoms with Gasteiger partial charge in [-0.15, -0.1) is 0 Å². The topological polar surface area (TPSA) is 85.2 Å². The standard InChI is InChI=1S/C25H24O6/c1-29-22-9-7-17(25(27)28)11-18(22)12-19-15-31-23-10-8-20(13-21(23)24(19)26)30-14-16-5-3-2-4-6-16/h2-11,13,19,24,26H,12,14-15H2,1H3,(H,27,28)/t19-,24-/m1/s1. The van der Waals surface area contributed by atoms with Crippen molar-refractivity contribution in [3.05, 3.63) is 89.0 Å². The van der Waals surface area contributed by atoms with Crippen LogP contribution >= 0.6 is 0 Å². The Morgan fingerprint density at radius 1 is 1.10 bits per heavy atom. The highest BCUT2D eigenvalue weighted by Crippen LogP contribution is 2.40. The molecule has 4 rings (SSSR count). The number of methoxy groups -OCH3 is 1. The Balaban J connectivity index is 1.52. The van der Waals surface area contributed by atoms with Crippen LogP contribution in [0.25, 0.3) is 0 Å². The number of aromatic carboxylic acids is 1. The highest BCUT2D eigenvalue weighted by atomic mass is 16.5. The summed E-state index contributed by atoms with van der Waals surface area (Å²) in [4.78, 5) is 11.3. The maximum Gasteiger partial charge on any atom is 0.335 e. The van der Waals surface area contributed by atoms with Crippen molar-refractivity contribution in [3.63, 3.8) is 0 Å². The zero-order valence-corrected chi connectivity index (χ0v) is 17.2. The van der Waals surface area contributed by atoms with E-state index in [0.29, 0.717) is 42.4 Å². The van der Waals surface area contributed by atoms with Crippen molar-refractivity contribution in [1.82, 2.24) is 0 Å². The Morgan fingerprint density at radius 3 is 2.65 bits per heavy atom. The predicted octanol–water partition coefficient (Wildman–Crippen LogP) is 4.26. The molecule has 0 bridgehead atoms. The first-order valence-electron chi connectivity index (χ1n) is 10.1. The zero-order chi connectivity index (χ0) is 21.8. The van der Waals surface area contributed by atoms with Gasteiger partial charge in [0.1, 0.15) is 23.9 Å². The molecular weight excluding hydrogens is 396 g/mol. The van der Waals surface area contributed by atoms with Crippen molar-refractivity contribution in [3.8, 4) is 17.2 Å². The average molecular weight is 420 g/mol. The van der Waals surface area contributed by atoms with Gasteiger partial charge in [0.15, 0.2) is 0 Å². The second-order valence-corrected chi connectivity index (χ2v) is 7.53. The minimum atomic E-state index is -1.00.